The summed E-state index contributed by atoms with van der Waals surface area (Å²) in [5.74, 6) is 0.684. The molecule has 0 spiro atoms. The topological polar surface area (TPSA) is 28.2 Å². The van der Waals surface area contributed by atoms with Crippen molar-refractivity contribution in [3.63, 3.8) is 0 Å². The van der Waals surface area contributed by atoms with Gasteiger partial charge in [-0.1, -0.05) is 0 Å². The molecular weight excluding hydrogens is 218 g/mol. The summed E-state index contributed by atoms with van der Waals surface area (Å²) in [5.41, 5.74) is 1.35. The Kier molecular flexibility index (Phi) is 2.73. The Morgan fingerprint density at radius 3 is 2.81 bits per heavy atom. The van der Waals surface area contributed by atoms with E-state index in [1.807, 2.05) is 11.3 Å². The predicted molar refractivity (Wildman–Crippen MR) is 67.1 cm³/mol. The molecule has 0 radical (unpaired) electrons. The number of likely N-dealkylation sites (tertiary alicyclic amines) is 1. The zero-order chi connectivity index (χ0) is 11.1. The van der Waals surface area contributed by atoms with E-state index in [2.05, 4.69) is 24.2 Å². The molecule has 0 saturated carbocycles. The molecule has 4 heteroatoms. The van der Waals surface area contributed by atoms with Crippen LogP contribution in [0.15, 0.2) is 0 Å². The molecule has 0 bridgehead atoms. The van der Waals surface area contributed by atoms with Gasteiger partial charge in [0, 0.05) is 23.9 Å². The SMILES string of the molecule is Cc1sc(C2CNC2)nc1C1CCCN1C. The second-order valence-corrected chi connectivity index (χ2v) is 6.22. The van der Waals surface area contributed by atoms with E-state index in [1.165, 1.54) is 35.0 Å². The normalized spacial score (nSPS) is 27.2. The second-order valence-electron chi connectivity index (χ2n) is 4.99. The molecule has 3 rings (SSSR count). The Morgan fingerprint density at radius 2 is 2.25 bits per heavy atom. The lowest BCUT2D eigenvalue weighted by Crippen LogP contribution is -2.39. The molecule has 2 aliphatic heterocycles. The molecular formula is C12H19N3S. The highest BCUT2D eigenvalue weighted by Gasteiger charge is 2.29. The Morgan fingerprint density at radius 1 is 1.44 bits per heavy atom. The maximum Gasteiger partial charge on any atom is 0.0988 e. The molecule has 16 heavy (non-hydrogen) atoms. The summed E-state index contributed by atoms with van der Waals surface area (Å²) in [5, 5.41) is 4.68. The predicted octanol–water partition coefficient (Wildman–Crippen LogP) is 1.91. The highest BCUT2D eigenvalue weighted by Crippen LogP contribution is 2.36. The maximum absolute atomic E-state index is 4.90. The molecule has 88 valence electrons. The van der Waals surface area contributed by atoms with Crippen molar-refractivity contribution in [2.75, 3.05) is 26.7 Å². The quantitative estimate of drug-likeness (QED) is 0.851. The molecule has 1 atom stereocenters. The van der Waals surface area contributed by atoms with Crippen LogP contribution in [-0.4, -0.2) is 36.6 Å². The number of rotatable bonds is 2. The van der Waals surface area contributed by atoms with Crippen LogP contribution in [-0.2, 0) is 0 Å². The third-order valence-corrected chi connectivity index (χ3v) is 4.96. The zero-order valence-electron chi connectivity index (χ0n) is 9.99. The standard InChI is InChI=1S/C12H19N3S/c1-8-11(10-4-3-5-15(10)2)14-12(16-8)9-6-13-7-9/h9-10,13H,3-7H2,1-2H3. The van der Waals surface area contributed by atoms with Crippen LogP contribution in [0.2, 0.25) is 0 Å². The summed E-state index contributed by atoms with van der Waals surface area (Å²) in [6.07, 6.45) is 2.60. The maximum atomic E-state index is 4.90. The van der Waals surface area contributed by atoms with Gasteiger partial charge in [0.1, 0.15) is 0 Å². The van der Waals surface area contributed by atoms with Gasteiger partial charge in [0.05, 0.1) is 16.7 Å². The van der Waals surface area contributed by atoms with Gasteiger partial charge >= 0.3 is 0 Å². The van der Waals surface area contributed by atoms with Crippen molar-refractivity contribution in [1.29, 1.82) is 0 Å². The molecule has 1 aromatic heterocycles. The van der Waals surface area contributed by atoms with E-state index >= 15 is 0 Å². The van der Waals surface area contributed by atoms with E-state index in [0.29, 0.717) is 12.0 Å². The van der Waals surface area contributed by atoms with Gasteiger partial charge in [-0.05, 0) is 33.4 Å². The first-order valence-corrected chi connectivity index (χ1v) is 6.95. The van der Waals surface area contributed by atoms with Crippen molar-refractivity contribution in [3.8, 4) is 0 Å². The fraction of sp³-hybridized carbons (Fsp3) is 0.750. The summed E-state index contributed by atoms with van der Waals surface area (Å²) in [6, 6.07) is 0.582. The average Bonchev–Trinajstić information content (AvgIpc) is 2.70. The summed E-state index contributed by atoms with van der Waals surface area (Å²) in [6.45, 7) is 5.69. The lowest BCUT2D eigenvalue weighted by Gasteiger charge is -2.24. The van der Waals surface area contributed by atoms with Crippen molar-refractivity contribution < 1.29 is 0 Å². The van der Waals surface area contributed by atoms with Crippen molar-refractivity contribution in [1.82, 2.24) is 15.2 Å². The first-order chi connectivity index (χ1) is 7.75. The van der Waals surface area contributed by atoms with E-state index in [1.54, 1.807) is 0 Å². The number of nitrogens with one attached hydrogen (secondary N) is 1. The smallest absolute Gasteiger partial charge is 0.0988 e. The van der Waals surface area contributed by atoms with Crippen LogP contribution in [0.3, 0.4) is 0 Å². The number of aromatic nitrogens is 1. The summed E-state index contributed by atoms with van der Waals surface area (Å²) in [4.78, 5) is 8.78. The zero-order valence-corrected chi connectivity index (χ0v) is 10.8. The molecule has 1 N–H and O–H groups in total. The van der Waals surface area contributed by atoms with Crippen LogP contribution in [0.25, 0.3) is 0 Å². The van der Waals surface area contributed by atoms with Gasteiger partial charge in [-0.15, -0.1) is 11.3 Å². The van der Waals surface area contributed by atoms with Gasteiger partial charge in [0.2, 0.25) is 0 Å². The molecule has 3 heterocycles. The largest absolute Gasteiger partial charge is 0.315 e. The van der Waals surface area contributed by atoms with Gasteiger partial charge < -0.3 is 5.32 Å². The minimum absolute atomic E-state index is 0.582. The highest BCUT2D eigenvalue weighted by molar-refractivity contribution is 7.11. The minimum Gasteiger partial charge on any atom is -0.315 e. The summed E-state index contributed by atoms with van der Waals surface area (Å²) >= 11 is 1.91. The van der Waals surface area contributed by atoms with Crippen LogP contribution in [0.4, 0.5) is 0 Å². The molecule has 2 fully saturated rings. The first-order valence-electron chi connectivity index (χ1n) is 6.14. The van der Waals surface area contributed by atoms with Crippen LogP contribution in [0.1, 0.15) is 40.4 Å². The van der Waals surface area contributed by atoms with Gasteiger partial charge in [-0.3, -0.25) is 4.90 Å². The molecule has 1 aromatic rings. The van der Waals surface area contributed by atoms with Gasteiger partial charge in [0.25, 0.3) is 0 Å². The van der Waals surface area contributed by atoms with Gasteiger partial charge in [0.15, 0.2) is 0 Å². The van der Waals surface area contributed by atoms with E-state index in [9.17, 15) is 0 Å². The number of hydrogen-bond donors (Lipinski definition) is 1. The first kappa shape index (κ1) is 10.7. The summed E-state index contributed by atoms with van der Waals surface area (Å²) < 4.78 is 0. The molecule has 0 aliphatic carbocycles. The fourth-order valence-electron chi connectivity index (χ4n) is 2.63. The van der Waals surface area contributed by atoms with Crippen LogP contribution in [0.5, 0.6) is 0 Å². The highest BCUT2D eigenvalue weighted by atomic mass is 32.1. The van der Waals surface area contributed by atoms with Crippen LogP contribution < -0.4 is 5.32 Å². The molecule has 2 aliphatic rings. The second kappa shape index (κ2) is 4.09. The van der Waals surface area contributed by atoms with Gasteiger partial charge in [-0.25, -0.2) is 4.98 Å². The average molecular weight is 237 g/mol. The number of aryl methyl sites for hydroxylation is 1. The third kappa shape index (κ3) is 1.69. The minimum atomic E-state index is 0.582. The lowest BCUT2D eigenvalue weighted by atomic mass is 10.0. The van der Waals surface area contributed by atoms with E-state index in [0.717, 1.165) is 13.1 Å². The Hall–Kier alpha value is -0.450. The Bertz CT molecular complexity index is 384. The van der Waals surface area contributed by atoms with Crippen molar-refractivity contribution in [2.24, 2.45) is 0 Å². The van der Waals surface area contributed by atoms with E-state index in [-0.39, 0.29) is 0 Å². The number of thiazole rings is 1. The molecule has 3 nitrogen and oxygen atoms in total. The van der Waals surface area contributed by atoms with E-state index in [4.69, 9.17) is 4.98 Å². The summed E-state index contributed by atoms with van der Waals surface area (Å²) in [7, 11) is 2.22. The lowest BCUT2D eigenvalue weighted by molar-refractivity contribution is 0.311. The molecule has 0 amide bonds. The van der Waals surface area contributed by atoms with E-state index < -0.39 is 0 Å². The molecule has 2 saturated heterocycles. The number of nitrogens with zero attached hydrogens (tertiary/aromatic N) is 2. The Labute approximate surface area is 101 Å². The number of hydrogen-bond acceptors (Lipinski definition) is 4. The third-order valence-electron chi connectivity index (χ3n) is 3.82. The van der Waals surface area contributed by atoms with Gasteiger partial charge in [-0.2, -0.15) is 0 Å². The monoisotopic (exact) mass is 237 g/mol. The Balaban J connectivity index is 1.85. The molecule has 1 unspecified atom stereocenters. The van der Waals surface area contributed by atoms with Crippen molar-refractivity contribution in [2.45, 2.75) is 31.7 Å². The molecule has 0 aromatic carbocycles. The van der Waals surface area contributed by atoms with Crippen molar-refractivity contribution >= 4 is 11.3 Å². The van der Waals surface area contributed by atoms with Crippen molar-refractivity contribution in [3.05, 3.63) is 15.6 Å². The van der Waals surface area contributed by atoms with Crippen LogP contribution >= 0.6 is 11.3 Å². The fourth-order valence-corrected chi connectivity index (χ4v) is 3.71. The van der Waals surface area contributed by atoms with Crippen LogP contribution in [0, 0.1) is 6.92 Å².